The summed E-state index contributed by atoms with van der Waals surface area (Å²) in [6, 6.07) is 11.5. The Bertz CT molecular complexity index is 512. The van der Waals surface area contributed by atoms with Crippen LogP contribution in [0.15, 0.2) is 42.5 Å². The van der Waals surface area contributed by atoms with Crippen molar-refractivity contribution in [3.63, 3.8) is 0 Å². The summed E-state index contributed by atoms with van der Waals surface area (Å²) in [6.45, 7) is 0. The highest BCUT2D eigenvalue weighted by Crippen LogP contribution is 2.24. The van der Waals surface area contributed by atoms with Gasteiger partial charge in [0.1, 0.15) is 17.9 Å². The third-order valence-electron chi connectivity index (χ3n) is 2.54. The maximum atomic E-state index is 13.6. The van der Waals surface area contributed by atoms with Crippen LogP contribution >= 0.6 is 0 Å². The number of halogens is 2. The van der Waals surface area contributed by atoms with Gasteiger partial charge in [0, 0.05) is 12.0 Å². The molecule has 2 rings (SSSR count). The summed E-state index contributed by atoms with van der Waals surface area (Å²) in [7, 11) is 0. The van der Waals surface area contributed by atoms with Crippen molar-refractivity contribution >= 4 is 6.29 Å². The van der Waals surface area contributed by atoms with E-state index in [1.165, 1.54) is 12.1 Å². The van der Waals surface area contributed by atoms with Gasteiger partial charge in [-0.2, -0.15) is 0 Å². The Morgan fingerprint density at radius 3 is 2.06 bits per heavy atom. The van der Waals surface area contributed by atoms with Gasteiger partial charge in [0.25, 0.3) is 0 Å². The predicted molar refractivity (Wildman–Crippen MR) is 61.6 cm³/mol. The van der Waals surface area contributed by atoms with Gasteiger partial charge >= 0.3 is 0 Å². The number of rotatable bonds is 3. The topological polar surface area (TPSA) is 17.1 Å². The van der Waals surface area contributed by atoms with Crippen LogP contribution in [0, 0.1) is 11.6 Å². The van der Waals surface area contributed by atoms with E-state index in [-0.39, 0.29) is 12.0 Å². The van der Waals surface area contributed by atoms with E-state index in [9.17, 15) is 13.6 Å². The van der Waals surface area contributed by atoms with E-state index >= 15 is 0 Å². The molecule has 0 radical (unpaired) electrons. The zero-order valence-electron chi connectivity index (χ0n) is 8.99. The number of hydrogen-bond acceptors (Lipinski definition) is 1. The molecule has 2 aromatic rings. The molecule has 0 aliphatic heterocycles. The van der Waals surface area contributed by atoms with Crippen LogP contribution in [0.1, 0.15) is 5.56 Å². The Morgan fingerprint density at radius 1 is 0.941 bits per heavy atom. The molecule has 0 unspecified atom stereocenters. The van der Waals surface area contributed by atoms with E-state index in [1.54, 1.807) is 24.3 Å². The average molecular weight is 232 g/mol. The molecule has 86 valence electrons. The molecule has 1 nitrogen and oxygen atoms in total. The number of benzene rings is 2. The molecule has 0 spiro atoms. The number of carbonyl (C=O) groups excluding carboxylic acids is 1. The maximum absolute atomic E-state index is 13.6. The molecule has 2 aromatic carbocycles. The molecule has 0 aliphatic rings. The Hall–Kier alpha value is -2.03. The molecule has 0 amide bonds. The third kappa shape index (κ3) is 2.38. The van der Waals surface area contributed by atoms with E-state index in [0.29, 0.717) is 11.8 Å². The van der Waals surface area contributed by atoms with Crippen LogP contribution in [-0.4, -0.2) is 6.29 Å². The smallest absolute Gasteiger partial charge is 0.130 e. The largest absolute Gasteiger partial charge is 0.303 e. The first kappa shape index (κ1) is 11.5. The van der Waals surface area contributed by atoms with E-state index in [2.05, 4.69) is 0 Å². The number of hydrogen-bond donors (Lipinski definition) is 0. The second kappa shape index (κ2) is 4.87. The summed E-state index contributed by atoms with van der Waals surface area (Å²) in [5, 5.41) is 0. The molecule has 0 aromatic heterocycles. The Kier molecular flexibility index (Phi) is 3.28. The van der Waals surface area contributed by atoms with Gasteiger partial charge in [-0.1, -0.05) is 30.3 Å². The van der Waals surface area contributed by atoms with Crippen molar-refractivity contribution in [2.45, 2.75) is 6.42 Å². The first-order valence-corrected chi connectivity index (χ1v) is 5.19. The highest BCUT2D eigenvalue weighted by molar-refractivity contribution is 5.65. The van der Waals surface area contributed by atoms with E-state index < -0.39 is 11.6 Å². The standard InChI is InChI=1S/C14H10F2O/c15-13-8-11(10-4-2-1-3-5-10)9-14(16)12(13)6-7-17/h1-5,7-9H,6H2. The van der Waals surface area contributed by atoms with Crippen LogP contribution in [0.25, 0.3) is 11.1 Å². The Labute approximate surface area is 97.7 Å². The average Bonchev–Trinajstić information content (AvgIpc) is 2.35. The first-order valence-electron chi connectivity index (χ1n) is 5.19. The molecule has 0 saturated carbocycles. The van der Waals surface area contributed by atoms with Gasteiger partial charge in [-0.15, -0.1) is 0 Å². The molecular formula is C14H10F2O. The minimum Gasteiger partial charge on any atom is -0.303 e. The molecule has 3 heteroatoms. The van der Waals surface area contributed by atoms with Crippen LogP contribution in [-0.2, 0) is 11.2 Å². The predicted octanol–water partition coefficient (Wildman–Crippen LogP) is 3.37. The minimum absolute atomic E-state index is 0.181. The lowest BCUT2D eigenvalue weighted by atomic mass is 10.0. The van der Waals surface area contributed by atoms with Crippen LogP contribution in [0.5, 0.6) is 0 Å². The van der Waals surface area contributed by atoms with Crippen LogP contribution in [0.3, 0.4) is 0 Å². The number of aldehydes is 1. The minimum atomic E-state index is -0.684. The summed E-state index contributed by atoms with van der Waals surface area (Å²) in [4.78, 5) is 10.3. The fraction of sp³-hybridized carbons (Fsp3) is 0.0714. The molecule has 0 bridgehead atoms. The zero-order valence-corrected chi connectivity index (χ0v) is 8.99. The normalized spacial score (nSPS) is 10.2. The monoisotopic (exact) mass is 232 g/mol. The second-order valence-electron chi connectivity index (χ2n) is 3.66. The molecule has 17 heavy (non-hydrogen) atoms. The molecule has 0 aliphatic carbocycles. The molecule has 0 atom stereocenters. The van der Waals surface area contributed by atoms with Gasteiger partial charge in [-0.25, -0.2) is 8.78 Å². The summed E-state index contributed by atoms with van der Waals surface area (Å²) in [5.41, 5.74) is 1.03. The van der Waals surface area contributed by atoms with Crippen LogP contribution in [0.4, 0.5) is 8.78 Å². The van der Waals surface area contributed by atoms with Crippen molar-refractivity contribution in [2.75, 3.05) is 0 Å². The molecule has 0 heterocycles. The van der Waals surface area contributed by atoms with Crippen LogP contribution < -0.4 is 0 Å². The van der Waals surface area contributed by atoms with E-state index in [0.717, 1.165) is 5.56 Å². The summed E-state index contributed by atoms with van der Waals surface area (Å²) in [5.74, 6) is -1.37. The van der Waals surface area contributed by atoms with E-state index in [4.69, 9.17) is 0 Å². The van der Waals surface area contributed by atoms with Gasteiger partial charge in [0.05, 0.1) is 0 Å². The quantitative estimate of drug-likeness (QED) is 0.741. The summed E-state index contributed by atoms with van der Waals surface area (Å²) < 4.78 is 27.2. The third-order valence-corrected chi connectivity index (χ3v) is 2.54. The lowest BCUT2D eigenvalue weighted by Gasteiger charge is -2.06. The zero-order chi connectivity index (χ0) is 12.3. The summed E-state index contributed by atoms with van der Waals surface area (Å²) in [6.07, 6.45) is 0.246. The lowest BCUT2D eigenvalue weighted by molar-refractivity contribution is -0.107. The van der Waals surface area contributed by atoms with Gasteiger partial charge in [0.2, 0.25) is 0 Å². The van der Waals surface area contributed by atoms with Crippen molar-refractivity contribution in [1.82, 2.24) is 0 Å². The molecular weight excluding hydrogens is 222 g/mol. The second-order valence-corrected chi connectivity index (χ2v) is 3.66. The first-order chi connectivity index (χ1) is 8.22. The van der Waals surface area contributed by atoms with Crippen molar-refractivity contribution in [3.8, 4) is 11.1 Å². The molecule has 0 fully saturated rings. The van der Waals surface area contributed by atoms with E-state index in [1.807, 2.05) is 6.07 Å². The Balaban J connectivity index is 2.49. The fourth-order valence-electron chi connectivity index (χ4n) is 1.68. The van der Waals surface area contributed by atoms with Gasteiger partial charge in [-0.05, 0) is 23.3 Å². The van der Waals surface area contributed by atoms with Crippen molar-refractivity contribution in [2.24, 2.45) is 0 Å². The fourth-order valence-corrected chi connectivity index (χ4v) is 1.68. The van der Waals surface area contributed by atoms with Gasteiger partial charge < -0.3 is 4.79 Å². The molecule has 0 N–H and O–H groups in total. The highest BCUT2D eigenvalue weighted by atomic mass is 19.1. The SMILES string of the molecule is O=CCc1c(F)cc(-c2ccccc2)cc1F. The number of carbonyl (C=O) groups is 1. The van der Waals surface area contributed by atoms with Gasteiger partial charge in [0.15, 0.2) is 0 Å². The van der Waals surface area contributed by atoms with Gasteiger partial charge in [-0.3, -0.25) is 0 Å². The highest BCUT2D eigenvalue weighted by Gasteiger charge is 2.11. The van der Waals surface area contributed by atoms with Crippen LogP contribution in [0.2, 0.25) is 0 Å². The van der Waals surface area contributed by atoms with Crippen molar-refractivity contribution in [3.05, 3.63) is 59.7 Å². The van der Waals surface area contributed by atoms with Crippen molar-refractivity contribution in [1.29, 1.82) is 0 Å². The summed E-state index contributed by atoms with van der Waals surface area (Å²) >= 11 is 0. The maximum Gasteiger partial charge on any atom is 0.130 e. The lowest BCUT2D eigenvalue weighted by Crippen LogP contribution is -1.97. The Morgan fingerprint density at radius 2 is 1.53 bits per heavy atom. The molecule has 0 saturated heterocycles. The van der Waals surface area contributed by atoms with Crippen molar-refractivity contribution < 1.29 is 13.6 Å².